The van der Waals surface area contributed by atoms with E-state index in [0.717, 1.165) is 32.6 Å². The molecule has 1 aliphatic heterocycles. The van der Waals surface area contributed by atoms with Crippen molar-refractivity contribution < 1.29 is 27.6 Å². The normalized spacial score (nSPS) is 13.4. The summed E-state index contributed by atoms with van der Waals surface area (Å²) >= 11 is 0. The van der Waals surface area contributed by atoms with E-state index in [-0.39, 0.29) is 33.5 Å². The highest BCUT2D eigenvalue weighted by atomic mass is 19.4. The first-order valence-corrected chi connectivity index (χ1v) is 10.4. The van der Waals surface area contributed by atoms with Gasteiger partial charge in [-0.1, -0.05) is 6.07 Å². The average Bonchev–Trinajstić information content (AvgIpc) is 3.36. The number of anilines is 1. The standard InChI is InChI=1S/C23H15F3N6O4/c1-30-20(34)15-6-5-13(8-16(15)21(30)35)29-18(33)10-31-11-27-19-17(22(31)36)9-28-32(19)14-4-2-3-12(7-14)23(24,25)26/h2-9,11H,10H2,1H3,(H,29,33). The van der Waals surface area contributed by atoms with Gasteiger partial charge in [-0.25, -0.2) is 9.67 Å². The number of carbonyl (C=O) groups excluding carboxylic acids is 3. The number of hydrogen-bond acceptors (Lipinski definition) is 6. The van der Waals surface area contributed by atoms with Gasteiger partial charge in [0.1, 0.15) is 18.3 Å². The van der Waals surface area contributed by atoms with Gasteiger partial charge in [0, 0.05) is 12.7 Å². The highest BCUT2D eigenvalue weighted by Crippen LogP contribution is 2.30. The van der Waals surface area contributed by atoms with Gasteiger partial charge in [0.2, 0.25) is 5.91 Å². The number of hydrogen-bond donors (Lipinski definition) is 1. The van der Waals surface area contributed by atoms with E-state index in [1.54, 1.807) is 0 Å². The van der Waals surface area contributed by atoms with Crippen molar-refractivity contribution in [3.63, 3.8) is 0 Å². The summed E-state index contributed by atoms with van der Waals surface area (Å²) in [5.74, 6) is -1.53. The summed E-state index contributed by atoms with van der Waals surface area (Å²) in [6.45, 7) is -0.430. The molecule has 0 spiro atoms. The summed E-state index contributed by atoms with van der Waals surface area (Å²) in [5, 5.41) is 6.57. The van der Waals surface area contributed by atoms with E-state index in [9.17, 15) is 32.3 Å². The van der Waals surface area contributed by atoms with Crippen molar-refractivity contribution in [3.8, 4) is 5.69 Å². The molecule has 1 N–H and O–H groups in total. The molecular formula is C23H15F3N6O4. The molecule has 0 atom stereocenters. The monoisotopic (exact) mass is 496 g/mol. The van der Waals surface area contributed by atoms with Crippen LogP contribution in [-0.4, -0.2) is 49.0 Å². The van der Waals surface area contributed by atoms with E-state index in [4.69, 9.17) is 0 Å². The third-order valence-corrected chi connectivity index (χ3v) is 5.66. The van der Waals surface area contributed by atoms with Crippen LogP contribution in [0.3, 0.4) is 0 Å². The van der Waals surface area contributed by atoms with Crippen molar-refractivity contribution >= 4 is 34.4 Å². The summed E-state index contributed by atoms with van der Waals surface area (Å²) in [5.41, 5.74) is -0.761. The largest absolute Gasteiger partial charge is 0.416 e. The minimum absolute atomic E-state index is 0.00684. The van der Waals surface area contributed by atoms with Crippen LogP contribution in [0.25, 0.3) is 16.7 Å². The van der Waals surface area contributed by atoms with E-state index >= 15 is 0 Å². The van der Waals surface area contributed by atoms with E-state index in [0.29, 0.717) is 0 Å². The van der Waals surface area contributed by atoms with Gasteiger partial charge in [-0.2, -0.15) is 18.3 Å². The second-order valence-corrected chi connectivity index (χ2v) is 8.00. The highest BCUT2D eigenvalue weighted by molar-refractivity contribution is 6.21. The molecule has 2 aromatic carbocycles. The first-order valence-electron chi connectivity index (χ1n) is 10.4. The molecule has 3 amide bonds. The molecule has 0 saturated carbocycles. The Kier molecular flexibility index (Phi) is 5.20. The first kappa shape index (κ1) is 23.0. The molecule has 0 unspecified atom stereocenters. The van der Waals surface area contributed by atoms with Crippen molar-refractivity contribution in [3.05, 3.63) is 82.0 Å². The molecule has 0 bridgehead atoms. The zero-order valence-electron chi connectivity index (χ0n) is 18.4. The molecule has 0 aliphatic carbocycles. The Balaban J connectivity index is 1.39. The number of carbonyl (C=O) groups is 3. The van der Waals surface area contributed by atoms with Crippen LogP contribution in [0.15, 0.2) is 59.8 Å². The van der Waals surface area contributed by atoms with Crippen LogP contribution in [0.5, 0.6) is 0 Å². The Morgan fingerprint density at radius 2 is 1.78 bits per heavy atom. The number of nitrogens with zero attached hydrogens (tertiary/aromatic N) is 5. The average molecular weight is 496 g/mol. The maximum absolute atomic E-state index is 13.1. The summed E-state index contributed by atoms with van der Waals surface area (Å²) in [4.78, 5) is 54.7. The lowest BCUT2D eigenvalue weighted by molar-refractivity contribution is -0.137. The molecule has 5 rings (SSSR count). The second kappa shape index (κ2) is 8.15. The Labute approximate surface area is 199 Å². The van der Waals surface area contributed by atoms with E-state index in [2.05, 4.69) is 15.4 Å². The molecular weight excluding hydrogens is 481 g/mol. The van der Waals surface area contributed by atoms with E-state index in [1.807, 2.05) is 0 Å². The van der Waals surface area contributed by atoms with Crippen molar-refractivity contribution in [2.45, 2.75) is 12.7 Å². The topological polar surface area (TPSA) is 119 Å². The maximum Gasteiger partial charge on any atom is 0.416 e. The van der Waals surface area contributed by atoms with E-state index in [1.165, 1.54) is 43.6 Å². The van der Waals surface area contributed by atoms with Gasteiger partial charge in [0.15, 0.2) is 5.65 Å². The number of alkyl halides is 3. The quantitative estimate of drug-likeness (QED) is 0.434. The predicted molar refractivity (Wildman–Crippen MR) is 120 cm³/mol. The highest BCUT2D eigenvalue weighted by Gasteiger charge is 2.33. The van der Waals surface area contributed by atoms with Gasteiger partial charge in [-0.15, -0.1) is 0 Å². The van der Waals surface area contributed by atoms with Crippen LogP contribution < -0.4 is 10.9 Å². The van der Waals surface area contributed by atoms with Crippen molar-refractivity contribution in [1.82, 2.24) is 24.2 Å². The van der Waals surface area contributed by atoms with Gasteiger partial charge < -0.3 is 5.32 Å². The van der Waals surface area contributed by atoms with Crippen molar-refractivity contribution in [2.75, 3.05) is 12.4 Å². The van der Waals surface area contributed by atoms with Gasteiger partial charge >= 0.3 is 6.18 Å². The Morgan fingerprint density at radius 1 is 1.03 bits per heavy atom. The minimum Gasteiger partial charge on any atom is -0.325 e. The van der Waals surface area contributed by atoms with Gasteiger partial charge in [-0.3, -0.25) is 28.6 Å². The summed E-state index contributed by atoms with van der Waals surface area (Å²) in [6.07, 6.45) is -2.29. The molecule has 182 valence electrons. The molecule has 36 heavy (non-hydrogen) atoms. The van der Waals surface area contributed by atoms with Crippen LogP contribution >= 0.6 is 0 Å². The minimum atomic E-state index is -4.55. The number of aromatic nitrogens is 4. The van der Waals surface area contributed by atoms with Gasteiger partial charge in [0.05, 0.1) is 28.6 Å². The summed E-state index contributed by atoms with van der Waals surface area (Å²) in [7, 11) is 1.35. The number of benzene rings is 2. The number of fused-ring (bicyclic) bond motifs is 2. The van der Waals surface area contributed by atoms with Crippen LogP contribution in [0.1, 0.15) is 26.3 Å². The zero-order chi connectivity index (χ0) is 25.8. The number of amides is 3. The molecule has 0 saturated heterocycles. The number of rotatable bonds is 4. The molecule has 10 nitrogen and oxygen atoms in total. The number of nitrogens with one attached hydrogen (secondary N) is 1. The molecule has 2 aromatic heterocycles. The van der Waals surface area contributed by atoms with E-state index < -0.39 is 41.6 Å². The molecule has 0 fully saturated rings. The van der Waals surface area contributed by atoms with Gasteiger partial charge in [0.25, 0.3) is 17.4 Å². The summed E-state index contributed by atoms with van der Waals surface area (Å²) in [6, 6.07) is 8.69. The second-order valence-electron chi connectivity index (χ2n) is 8.00. The SMILES string of the molecule is CN1C(=O)c2ccc(NC(=O)Cn3cnc4c(cnn4-c4cccc(C(F)(F)F)c4)c3=O)cc2C1=O. The third-order valence-electron chi connectivity index (χ3n) is 5.66. The number of halogens is 3. The molecule has 13 heteroatoms. The van der Waals surface area contributed by atoms with Crippen LogP contribution in [-0.2, 0) is 17.5 Å². The lowest BCUT2D eigenvalue weighted by Gasteiger charge is -2.10. The lowest BCUT2D eigenvalue weighted by Crippen LogP contribution is -2.28. The zero-order valence-corrected chi connectivity index (χ0v) is 18.4. The van der Waals surface area contributed by atoms with Crippen molar-refractivity contribution in [1.29, 1.82) is 0 Å². The van der Waals surface area contributed by atoms with Gasteiger partial charge in [-0.05, 0) is 36.4 Å². The fraction of sp³-hybridized carbons (Fsp3) is 0.130. The molecule has 4 aromatic rings. The van der Waals surface area contributed by atoms with Crippen LogP contribution in [0, 0.1) is 0 Å². The lowest BCUT2D eigenvalue weighted by atomic mass is 10.1. The Morgan fingerprint density at radius 3 is 2.53 bits per heavy atom. The number of imide groups is 1. The van der Waals surface area contributed by atoms with Crippen LogP contribution in [0.4, 0.5) is 18.9 Å². The maximum atomic E-state index is 13.1. The Bertz CT molecular complexity index is 1640. The van der Waals surface area contributed by atoms with Crippen molar-refractivity contribution in [2.24, 2.45) is 0 Å². The smallest absolute Gasteiger partial charge is 0.325 e. The fourth-order valence-electron chi connectivity index (χ4n) is 3.86. The predicted octanol–water partition coefficient (Wildman–Crippen LogP) is 2.47. The fourth-order valence-corrected chi connectivity index (χ4v) is 3.86. The molecule has 3 heterocycles. The van der Waals surface area contributed by atoms with Crippen LogP contribution in [0.2, 0.25) is 0 Å². The molecule has 0 radical (unpaired) electrons. The third kappa shape index (κ3) is 3.79. The molecule has 1 aliphatic rings. The summed E-state index contributed by atoms with van der Waals surface area (Å²) < 4.78 is 41.3. The Hall–Kier alpha value is -4.81. The first-order chi connectivity index (χ1) is 17.0.